The maximum absolute atomic E-state index is 10.1. The molecule has 2 aliphatic carbocycles. The summed E-state index contributed by atoms with van der Waals surface area (Å²) in [7, 11) is 0. The average molecular weight is 646 g/mol. The summed E-state index contributed by atoms with van der Waals surface area (Å²) in [4.78, 5) is 7.67. The molecule has 4 atom stereocenters. The van der Waals surface area contributed by atoms with E-state index in [1.165, 1.54) is 39.1 Å². The van der Waals surface area contributed by atoms with Gasteiger partial charge in [0, 0.05) is 46.5 Å². The average Bonchev–Trinajstić information content (AvgIpc) is 3.63. The predicted molar refractivity (Wildman–Crippen MR) is 202 cm³/mol. The Kier molecular flexibility index (Phi) is 6.70. The molecule has 0 bridgehead atoms. The van der Waals surface area contributed by atoms with Gasteiger partial charge in [0.2, 0.25) is 0 Å². The van der Waals surface area contributed by atoms with E-state index in [4.69, 9.17) is 4.99 Å². The highest BCUT2D eigenvalue weighted by Gasteiger charge is 2.49. The van der Waals surface area contributed by atoms with Crippen molar-refractivity contribution in [1.82, 2.24) is 4.57 Å². The Balaban J connectivity index is 1.27. The van der Waals surface area contributed by atoms with Crippen molar-refractivity contribution in [1.29, 1.82) is 10.5 Å². The fraction of sp³-hybridized carbons (Fsp3) is 0.178. The molecular formula is C45H35N5. The van der Waals surface area contributed by atoms with Crippen molar-refractivity contribution in [2.75, 3.05) is 4.90 Å². The lowest BCUT2D eigenvalue weighted by Gasteiger charge is -2.41. The largest absolute Gasteiger partial charge is 0.333 e. The first-order chi connectivity index (χ1) is 24.4. The van der Waals surface area contributed by atoms with Gasteiger partial charge in [-0.15, -0.1) is 0 Å². The number of para-hydroxylation sites is 2. The first kappa shape index (κ1) is 29.9. The van der Waals surface area contributed by atoms with Crippen LogP contribution >= 0.6 is 0 Å². The molecule has 4 aliphatic rings. The number of hydrogen-bond donors (Lipinski definition) is 0. The van der Waals surface area contributed by atoms with E-state index >= 15 is 0 Å². The zero-order valence-electron chi connectivity index (χ0n) is 28.1. The van der Waals surface area contributed by atoms with Crippen molar-refractivity contribution in [3.63, 3.8) is 0 Å². The number of nitrogens with zero attached hydrogens (tertiary/aromatic N) is 5. The summed E-state index contributed by atoms with van der Waals surface area (Å²) in [6.07, 6.45) is 16.8. The van der Waals surface area contributed by atoms with Crippen LogP contribution < -0.4 is 4.90 Å². The summed E-state index contributed by atoms with van der Waals surface area (Å²) in [6.45, 7) is 4.29. The maximum atomic E-state index is 10.1. The lowest BCUT2D eigenvalue weighted by atomic mass is 9.80. The molecule has 0 spiro atoms. The Labute approximate surface area is 292 Å². The third-order valence-electron chi connectivity index (χ3n) is 11.0. The van der Waals surface area contributed by atoms with Crippen molar-refractivity contribution in [2.45, 2.75) is 44.3 Å². The van der Waals surface area contributed by atoms with E-state index in [2.05, 4.69) is 138 Å². The summed E-state index contributed by atoms with van der Waals surface area (Å²) in [5.41, 5.74) is 11.3. The predicted octanol–water partition coefficient (Wildman–Crippen LogP) is 10.2. The Hall–Kier alpha value is -6.17. The second kappa shape index (κ2) is 11.2. The number of hydrogen-bond acceptors (Lipinski definition) is 4. The van der Waals surface area contributed by atoms with Crippen LogP contribution in [0.25, 0.3) is 33.7 Å². The van der Waals surface area contributed by atoms with Gasteiger partial charge < -0.3 is 9.47 Å². The van der Waals surface area contributed by atoms with Crippen LogP contribution in [0, 0.1) is 28.1 Å². The van der Waals surface area contributed by atoms with Crippen LogP contribution in [0.15, 0.2) is 138 Å². The van der Waals surface area contributed by atoms with Gasteiger partial charge in [-0.3, -0.25) is 4.99 Å². The van der Waals surface area contributed by atoms with Gasteiger partial charge >= 0.3 is 0 Å². The normalized spacial score (nSPS) is 24.5. The molecule has 3 heterocycles. The number of allylic oxidation sites excluding steroid dienone is 6. The third-order valence-corrected chi connectivity index (χ3v) is 11.0. The standard InChI is InChI=1S/C45H35N5/c1-44(29-47)22-21-42-39(27-44)37-12-5-7-15-41(37)49(42)33-24-32(36-11-4-3-10-35(36)31-19-17-30(28-46)18-20-31)25-34(26-33)50-43-16-8-6-13-38(43)40-14-9-23-48-45(40,50)2/h3-25,33,40H,26-27H2,1-2H3. The SMILES string of the molecule is CC1(C#N)C=Cc2c(c3ccccc3n2C2C=C(c3ccccc3-c3ccc(C#N)cc3)C=C(N3c4ccccc4C4C=CC=NC43C)C2)C1. The van der Waals surface area contributed by atoms with Crippen molar-refractivity contribution >= 4 is 34.5 Å². The van der Waals surface area contributed by atoms with E-state index in [9.17, 15) is 10.5 Å². The summed E-state index contributed by atoms with van der Waals surface area (Å²) in [5, 5.41) is 20.8. The molecule has 5 heteroatoms. The molecule has 50 heavy (non-hydrogen) atoms. The Bertz CT molecular complexity index is 2460. The topological polar surface area (TPSA) is 68.1 Å². The minimum Gasteiger partial charge on any atom is -0.333 e. The molecule has 0 amide bonds. The van der Waals surface area contributed by atoms with Crippen LogP contribution in [0.3, 0.4) is 0 Å². The third kappa shape index (κ3) is 4.48. The van der Waals surface area contributed by atoms with Crippen LogP contribution in [-0.2, 0) is 6.42 Å². The van der Waals surface area contributed by atoms with Gasteiger partial charge in [-0.05, 0) is 96.2 Å². The van der Waals surface area contributed by atoms with Gasteiger partial charge in [0.25, 0.3) is 0 Å². The van der Waals surface area contributed by atoms with Gasteiger partial charge in [-0.1, -0.05) is 91.0 Å². The summed E-state index contributed by atoms with van der Waals surface area (Å²) in [6, 6.07) is 38.6. The molecule has 4 aromatic carbocycles. The fourth-order valence-corrected chi connectivity index (χ4v) is 8.66. The van der Waals surface area contributed by atoms with E-state index in [1.54, 1.807) is 0 Å². The molecule has 9 rings (SSSR count). The second-order valence-electron chi connectivity index (χ2n) is 14.2. The van der Waals surface area contributed by atoms with Gasteiger partial charge in [0.1, 0.15) is 5.66 Å². The molecule has 0 radical (unpaired) electrons. The summed E-state index contributed by atoms with van der Waals surface area (Å²) >= 11 is 0. The highest BCUT2D eigenvalue weighted by molar-refractivity contribution is 5.92. The number of nitriles is 2. The van der Waals surface area contributed by atoms with Crippen molar-refractivity contribution < 1.29 is 0 Å². The minimum absolute atomic E-state index is 0.0123. The molecule has 240 valence electrons. The first-order valence-electron chi connectivity index (χ1n) is 17.3. The van der Waals surface area contributed by atoms with Gasteiger partial charge in [-0.25, -0.2) is 0 Å². The zero-order chi connectivity index (χ0) is 34.0. The fourth-order valence-electron chi connectivity index (χ4n) is 8.66. The van der Waals surface area contributed by atoms with E-state index in [0.29, 0.717) is 12.0 Å². The van der Waals surface area contributed by atoms with Crippen LogP contribution in [0.1, 0.15) is 60.2 Å². The molecule has 5 nitrogen and oxygen atoms in total. The molecule has 2 aliphatic heterocycles. The molecule has 0 saturated carbocycles. The monoisotopic (exact) mass is 645 g/mol. The molecule has 5 aromatic rings. The highest BCUT2D eigenvalue weighted by Crippen LogP contribution is 2.54. The number of fused-ring (bicyclic) bond motifs is 6. The Morgan fingerprint density at radius 1 is 0.860 bits per heavy atom. The molecule has 0 fully saturated rings. The van der Waals surface area contributed by atoms with E-state index in [0.717, 1.165) is 28.7 Å². The van der Waals surface area contributed by atoms with Crippen molar-refractivity contribution in [3.05, 3.63) is 161 Å². The summed E-state index contributed by atoms with van der Waals surface area (Å²) < 4.78 is 2.50. The highest BCUT2D eigenvalue weighted by atomic mass is 15.3. The number of anilines is 1. The number of rotatable bonds is 4. The van der Waals surface area contributed by atoms with Gasteiger partial charge in [-0.2, -0.15) is 10.5 Å². The van der Waals surface area contributed by atoms with E-state index in [1.807, 2.05) is 37.4 Å². The number of benzene rings is 4. The Morgan fingerprint density at radius 3 is 2.44 bits per heavy atom. The minimum atomic E-state index is -0.546. The lowest BCUT2D eigenvalue weighted by molar-refractivity contribution is 0.437. The molecule has 0 saturated heterocycles. The van der Waals surface area contributed by atoms with Crippen LogP contribution in [0.2, 0.25) is 0 Å². The number of aliphatic imine (C=N–C) groups is 1. The lowest BCUT2D eigenvalue weighted by Crippen LogP contribution is -2.45. The second-order valence-corrected chi connectivity index (χ2v) is 14.2. The van der Waals surface area contributed by atoms with Crippen LogP contribution in [0.5, 0.6) is 0 Å². The van der Waals surface area contributed by atoms with Gasteiger partial charge in [0.15, 0.2) is 0 Å². The molecule has 4 unspecified atom stereocenters. The first-order valence-corrected chi connectivity index (χ1v) is 17.3. The van der Waals surface area contributed by atoms with Crippen molar-refractivity contribution in [3.8, 4) is 23.3 Å². The maximum Gasteiger partial charge on any atom is 0.143 e. The zero-order valence-corrected chi connectivity index (χ0v) is 28.1. The van der Waals surface area contributed by atoms with E-state index < -0.39 is 11.1 Å². The number of aromatic nitrogens is 1. The summed E-state index contributed by atoms with van der Waals surface area (Å²) in [5.74, 6) is 0.134. The van der Waals surface area contributed by atoms with Crippen LogP contribution in [0.4, 0.5) is 5.69 Å². The number of dihydropyridines is 1. The van der Waals surface area contributed by atoms with Crippen molar-refractivity contribution in [2.24, 2.45) is 10.4 Å². The molecule has 1 aromatic heterocycles. The molecule has 0 N–H and O–H groups in total. The van der Waals surface area contributed by atoms with E-state index in [-0.39, 0.29) is 12.0 Å². The van der Waals surface area contributed by atoms with Crippen LogP contribution in [-0.4, -0.2) is 16.4 Å². The Morgan fingerprint density at radius 2 is 1.62 bits per heavy atom. The van der Waals surface area contributed by atoms with Gasteiger partial charge in [0.05, 0.1) is 29.2 Å². The quantitative estimate of drug-likeness (QED) is 0.195. The molecular weight excluding hydrogens is 611 g/mol. The smallest absolute Gasteiger partial charge is 0.143 e.